The second-order valence-corrected chi connectivity index (χ2v) is 4.42. The standard InChI is InChI=1S/C14H20F3N3.HI/c1-3-10-6-5-7-11(4-2)12(10)20-13(18)19-9-8-14(15,16)17;/h5-7H,3-4,8-9H2,1-2H3,(H3,18,19,20);1H. The minimum absolute atomic E-state index is 0. The number of nitrogens with one attached hydrogen (secondary N) is 1. The number of hydrogen-bond donors (Lipinski definition) is 2. The summed E-state index contributed by atoms with van der Waals surface area (Å²) in [5, 5.41) is 2.93. The Morgan fingerprint density at radius 1 is 1.19 bits per heavy atom. The molecule has 1 aromatic rings. The van der Waals surface area contributed by atoms with E-state index in [4.69, 9.17) is 5.73 Å². The molecule has 0 aliphatic rings. The number of hydrogen-bond acceptors (Lipinski definition) is 1. The van der Waals surface area contributed by atoms with Gasteiger partial charge in [0.15, 0.2) is 5.96 Å². The van der Waals surface area contributed by atoms with Crippen molar-refractivity contribution in [1.82, 2.24) is 0 Å². The van der Waals surface area contributed by atoms with E-state index in [1.165, 1.54) is 0 Å². The predicted octanol–water partition coefficient (Wildman–Crippen LogP) is 4.11. The molecule has 7 heteroatoms. The molecule has 21 heavy (non-hydrogen) atoms. The molecule has 1 aromatic carbocycles. The SMILES string of the molecule is CCc1cccc(CC)c1NC(N)=NCCC(F)(F)F.I. The Labute approximate surface area is 140 Å². The first-order valence-electron chi connectivity index (χ1n) is 6.61. The fourth-order valence-electron chi connectivity index (χ4n) is 1.87. The fraction of sp³-hybridized carbons (Fsp3) is 0.500. The molecule has 0 heterocycles. The number of alkyl halides is 3. The van der Waals surface area contributed by atoms with Crippen molar-refractivity contribution in [2.45, 2.75) is 39.3 Å². The normalized spacial score (nSPS) is 12.0. The quantitative estimate of drug-likeness (QED) is 0.432. The van der Waals surface area contributed by atoms with Crippen LogP contribution < -0.4 is 11.1 Å². The first kappa shape index (κ1) is 20.0. The minimum Gasteiger partial charge on any atom is -0.370 e. The number of aliphatic imine (C=N–C) groups is 1. The van der Waals surface area contributed by atoms with Crippen LogP contribution in [-0.2, 0) is 12.8 Å². The molecule has 0 atom stereocenters. The Hall–Kier alpha value is -0.990. The third kappa shape index (κ3) is 7.01. The predicted molar refractivity (Wildman–Crippen MR) is 91.4 cm³/mol. The van der Waals surface area contributed by atoms with Crippen molar-refractivity contribution in [3.63, 3.8) is 0 Å². The lowest BCUT2D eigenvalue weighted by Gasteiger charge is -2.15. The molecule has 3 N–H and O–H groups in total. The van der Waals surface area contributed by atoms with Crippen LogP contribution >= 0.6 is 24.0 Å². The van der Waals surface area contributed by atoms with Gasteiger partial charge in [-0.05, 0) is 24.0 Å². The number of aryl methyl sites for hydroxylation is 2. The zero-order chi connectivity index (χ0) is 15.2. The summed E-state index contributed by atoms with van der Waals surface area (Å²) in [4.78, 5) is 3.72. The number of benzene rings is 1. The number of nitrogens with two attached hydrogens (primary N) is 1. The molecule has 0 unspecified atom stereocenters. The van der Waals surface area contributed by atoms with Crippen LogP contribution in [0.1, 0.15) is 31.4 Å². The van der Waals surface area contributed by atoms with Gasteiger partial charge in [-0.3, -0.25) is 4.99 Å². The maximum Gasteiger partial charge on any atom is 0.390 e. The van der Waals surface area contributed by atoms with Crippen molar-refractivity contribution >= 4 is 35.6 Å². The van der Waals surface area contributed by atoms with Crippen molar-refractivity contribution in [1.29, 1.82) is 0 Å². The fourth-order valence-corrected chi connectivity index (χ4v) is 1.87. The van der Waals surface area contributed by atoms with Gasteiger partial charge in [0, 0.05) is 5.69 Å². The van der Waals surface area contributed by atoms with Crippen molar-refractivity contribution in [2.75, 3.05) is 11.9 Å². The highest BCUT2D eigenvalue weighted by Crippen LogP contribution is 2.22. The number of guanidine groups is 1. The first-order chi connectivity index (χ1) is 9.37. The van der Waals surface area contributed by atoms with Crippen molar-refractivity contribution < 1.29 is 13.2 Å². The molecule has 0 fully saturated rings. The molecule has 0 aliphatic heterocycles. The highest BCUT2D eigenvalue weighted by molar-refractivity contribution is 14.0. The summed E-state index contributed by atoms with van der Waals surface area (Å²) < 4.78 is 36.1. The zero-order valence-corrected chi connectivity index (χ0v) is 14.5. The van der Waals surface area contributed by atoms with Crippen molar-refractivity contribution in [3.05, 3.63) is 29.3 Å². The smallest absolute Gasteiger partial charge is 0.370 e. The van der Waals surface area contributed by atoms with Crippen LogP contribution in [-0.4, -0.2) is 18.7 Å². The van der Waals surface area contributed by atoms with E-state index in [1.807, 2.05) is 32.0 Å². The average Bonchev–Trinajstić information content (AvgIpc) is 2.37. The van der Waals surface area contributed by atoms with E-state index in [9.17, 15) is 13.2 Å². The van der Waals surface area contributed by atoms with E-state index in [1.54, 1.807) is 0 Å². The summed E-state index contributed by atoms with van der Waals surface area (Å²) in [6.07, 6.45) is -3.55. The number of rotatable bonds is 5. The summed E-state index contributed by atoms with van der Waals surface area (Å²) in [6.45, 7) is 3.66. The molecule has 120 valence electrons. The van der Waals surface area contributed by atoms with Gasteiger partial charge in [0.05, 0.1) is 13.0 Å². The molecule has 3 nitrogen and oxygen atoms in total. The summed E-state index contributed by atoms with van der Waals surface area (Å²) in [7, 11) is 0. The summed E-state index contributed by atoms with van der Waals surface area (Å²) >= 11 is 0. The van der Waals surface area contributed by atoms with E-state index >= 15 is 0 Å². The zero-order valence-electron chi connectivity index (χ0n) is 12.1. The Balaban J connectivity index is 0.00000400. The topological polar surface area (TPSA) is 50.4 Å². The van der Waals surface area contributed by atoms with Crippen LogP contribution in [0.4, 0.5) is 18.9 Å². The van der Waals surface area contributed by atoms with Crippen LogP contribution in [0.15, 0.2) is 23.2 Å². The first-order valence-corrected chi connectivity index (χ1v) is 6.61. The molecule has 1 rings (SSSR count). The van der Waals surface area contributed by atoms with E-state index in [-0.39, 0.29) is 36.5 Å². The molecule has 0 amide bonds. The highest BCUT2D eigenvalue weighted by atomic mass is 127. The molecule has 0 aliphatic carbocycles. The molecular formula is C14H21F3IN3. The monoisotopic (exact) mass is 415 g/mol. The van der Waals surface area contributed by atoms with Gasteiger partial charge < -0.3 is 11.1 Å². The molecule has 0 saturated heterocycles. The lowest BCUT2D eigenvalue weighted by Crippen LogP contribution is -2.25. The molecular weight excluding hydrogens is 394 g/mol. The Kier molecular flexibility index (Phi) is 8.68. The summed E-state index contributed by atoms with van der Waals surface area (Å²) in [6, 6.07) is 5.88. The molecule has 0 aromatic heterocycles. The van der Waals surface area contributed by atoms with Crippen LogP contribution in [0.25, 0.3) is 0 Å². The molecule has 0 spiro atoms. The number of anilines is 1. The van der Waals surface area contributed by atoms with Gasteiger partial charge in [-0.2, -0.15) is 13.2 Å². The minimum atomic E-state index is -4.21. The highest BCUT2D eigenvalue weighted by Gasteiger charge is 2.26. The van der Waals surface area contributed by atoms with Crippen molar-refractivity contribution in [3.8, 4) is 0 Å². The van der Waals surface area contributed by atoms with Gasteiger partial charge in [-0.25, -0.2) is 0 Å². The van der Waals surface area contributed by atoms with E-state index in [0.717, 1.165) is 29.7 Å². The second kappa shape index (κ2) is 9.11. The van der Waals surface area contributed by atoms with Gasteiger partial charge in [0.25, 0.3) is 0 Å². The second-order valence-electron chi connectivity index (χ2n) is 4.42. The lowest BCUT2D eigenvalue weighted by molar-refractivity contribution is -0.132. The third-order valence-electron chi connectivity index (χ3n) is 2.93. The van der Waals surface area contributed by atoms with Crippen LogP contribution in [0, 0.1) is 0 Å². The lowest BCUT2D eigenvalue weighted by atomic mass is 10.0. The number of para-hydroxylation sites is 1. The Morgan fingerprint density at radius 2 is 1.71 bits per heavy atom. The molecule has 0 bridgehead atoms. The van der Waals surface area contributed by atoms with Crippen LogP contribution in [0.2, 0.25) is 0 Å². The van der Waals surface area contributed by atoms with Gasteiger partial charge in [-0.1, -0.05) is 32.0 Å². The Morgan fingerprint density at radius 3 is 2.14 bits per heavy atom. The van der Waals surface area contributed by atoms with Crippen LogP contribution in [0.3, 0.4) is 0 Å². The summed E-state index contributed by atoms with van der Waals surface area (Å²) in [5.41, 5.74) is 8.64. The third-order valence-corrected chi connectivity index (χ3v) is 2.93. The van der Waals surface area contributed by atoms with Gasteiger partial charge in [-0.15, -0.1) is 24.0 Å². The maximum absolute atomic E-state index is 12.0. The molecule has 0 saturated carbocycles. The number of nitrogens with zero attached hydrogens (tertiary/aromatic N) is 1. The van der Waals surface area contributed by atoms with Crippen molar-refractivity contribution in [2.24, 2.45) is 10.7 Å². The van der Waals surface area contributed by atoms with Crippen LogP contribution in [0.5, 0.6) is 0 Å². The largest absolute Gasteiger partial charge is 0.390 e. The van der Waals surface area contributed by atoms with Gasteiger partial charge in [0.1, 0.15) is 0 Å². The van der Waals surface area contributed by atoms with E-state index < -0.39 is 12.6 Å². The average molecular weight is 415 g/mol. The van der Waals surface area contributed by atoms with Gasteiger partial charge in [0.2, 0.25) is 0 Å². The van der Waals surface area contributed by atoms with Gasteiger partial charge >= 0.3 is 6.18 Å². The molecule has 0 radical (unpaired) electrons. The number of halogens is 4. The maximum atomic E-state index is 12.0. The Bertz CT molecular complexity index is 451. The van der Waals surface area contributed by atoms with E-state index in [2.05, 4.69) is 10.3 Å². The van der Waals surface area contributed by atoms with E-state index in [0.29, 0.717) is 0 Å². The summed E-state index contributed by atoms with van der Waals surface area (Å²) in [5.74, 6) is 0.0184.